The van der Waals surface area contributed by atoms with E-state index in [4.69, 9.17) is 10.7 Å². The van der Waals surface area contributed by atoms with Gasteiger partial charge in [0.15, 0.2) is 5.75 Å². The molecule has 0 aliphatic rings. The lowest BCUT2D eigenvalue weighted by Gasteiger charge is -2.12. The molecule has 0 fully saturated rings. The third-order valence-electron chi connectivity index (χ3n) is 2.56. The molecule has 0 atom stereocenters. The van der Waals surface area contributed by atoms with Crippen molar-refractivity contribution in [3.63, 3.8) is 0 Å². The van der Waals surface area contributed by atoms with Gasteiger partial charge in [-0.15, -0.1) is 0 Å². The van der Waals surface area contributed by atoms with Crippen LogP contribution >= 0.6 is 31.9 Å². The van der Waals surface area contributed by atoms with Crippen LogP contribution in [-0.2, 0) is 0 Å². The zero-order valence-corrected chi connectivity index (χ0v) is 12.1. The lowest BCUT2D eigenvalue weighted by molar-refractivity contribution is 0.338. The van der Waals surface area contributed by atoms with E-state index in [-0.39, 0.29) is 0 Å². The summed E-state index contributed by atoms with van der Waals surface area (Å²) in [4.78, 5) is 7.97. The summed E-state index contributed by atoms with van der Waals surface area (Å²) >= 11 is 7.20. The fourth-order valence-corrected chi connectivity index (χ4v) is 4.06. The highest BCUT2D eigenvalue weighted by Crippen LogP contribution is 2.41. The number of aromatic nitrogens is 1. The van der Waals surface area contributed by atoms with Gasteiger partial charge in [-0.3, -0.25) is 0 Å². The van der Waals surface area contributed by atoms with Crippen molar-refractivity contribution in [2.75, 3.05) is 0 Å². The highest BCUT2D eigenvalue weighted by molar-refractivity contribution is 9.11. The number of halogens is 2. The number of rotatable bonds is 2. The first-order valence-corrected chi connectivity index (χ1v) is 6.50. The van der Waals surface area contributed by atoms with Crippen LogP contribution < -0.4 is 10.7 Å². The molecule has 0 saturated carbocycles. The number of fused-ring (bicyclic) bond motifs is 1. The van der Waals surface area contributed by atoms with E-state index < -0.39 is 0 Å². The number of benzene rings is 1. The molecule has 0 aliphatic carbocycles. The highest BCUT2D eigenvalue weighted by atomic mass is 79.9. The Morgan fingerprint density at radius 2 is 2.06 bits per heavy atom. The van der Waals surface area contributed by atoms with Crippen LogP contribution in [0.2, 0.25) is 0 Å². The molecule has 1 aromatic heterocycles. The zero-order chi connectivity index (χ0) is 11.9. The minimum Gasteiger partial charge on any atom is -0.409 e. The quantitative estimate of drug-likeness (QED) is 0.804. The molecule has 0 unspecified atom stereocenters. The first-order valence-electron chi connectivity index (χ1n) is 4.92. The minimum atomic E-state index is 0.411. The lowest BCUT2D eigenvalue weighted by Crippen LogP contribution is -2.01. The molecule has 0 saturated heterocycles. The van der Waals surface area contributed by atoms with Crippen molar-refractivity contribution in [1.29, 1.82) is 0 Å². The van der Waals surface area contributed by atoms with Gasteiger partial charge in [-0.25, -0.2) is 0 Å². The van der Waals surface area contributed by atoms with Gasteiger partial charge in [-0.05, 0) is 33.5 Å². The molecule has 16 heavy (non-hydrogen) atoms. The standard InChI is InChI=1S/C11H12Br2N2O/c1-5(2)9-6(12)3-7-10(11(9)13)8(16-14)4-15-7/h3-5,15H,14H2,1-2H3. The Bertz CT molecular complexity index is 534. The fourth-order valence-electron chi connectivity index (χ4n) is 1.83. The van der Waals surface area contributed by atoms with Gasteiger partial charge in [-0.2, -0.15) is 5.90 Å². The summed E-state index contributed by atoms with van der Waals surface area (Å²) in [6, 6.07) is 2.04. The largest absolute Gasteiger partial charge is 0.409 e. The molecule has 86 valence electrons. The Labute approximate surface area is 111 Å². The van der Waals surface area contributed by atoms with E-state index in [0.717, 1.165) is 19.8 Å². The molecular weight excluding hydrogens is 336 g/mol. The van der Waals surface area contributed by atoms with Gasteiger partial charge in [0.25, 0.3) is 0 Å². The first-order chi connectivity index (χ1) is 7.56. The Balaban J connectivity index is 2.83. The second kappa shape index (κ2) is 4.39. The molecule has 5 heteroatoms. The zero-order valence-electron chi connectivity index (χ0n) is 8.97. The molecule has 1 heterocycles. The molecule has 0 radical (unpaired) electrons. The molecule has 3 nitrogen and oxygen atoms in total. The Hall–Kier alpha value is -0.520. The maximum absolute atomic E-state index is 5.24. The smallest absolute Gasteiger partial charge is 0.173 e. The predicted molar refractivity (Wildman–Crippen MR) is 72.6 cm³/mol. The van der Waals surface area contributed by atoms with Crippen molar-refractivity contribution >= 4 is 42.8 Å². The maximum Gasteiger partial charge on any atom is 0.173 e. The molecule has 3 N–H and O–H groups in total. The SMILES string of the molecule is CC(C)c1c(Br)cc2[nH]cc(ON)c2c1Br. The Kier molecular flexibility index (Phi) is 3.28. The van der Waals surface area contributed by atoms with Gasteiger partial charge < -0.3 is 9.82 Å². The van der Waals surface area contributed by atoms with Crippen LogP contribution in [0.25, 0.3) is 10.9 Å². The molecule has 2 aromatic rings. The third kappa shape index (κ3) is 1.77. The summed E-state index contributed by atoms with van der Waals surface area (Å²) in [5, 5.41) is 0.981. The predicted octanol–water partition coefficient (Wildman–Crippen LogP) is 4.07. The Morgan fingerprint density at radius 3 is 2.62 bits per heavy atom. The molecule has 0 bridgehead atoms. The molecule has 2 rings (SSSR count). The second-order valence-electron chi connectivity index (χ2n) is 3.93. The van der Waals surface area contributed by atoms with E-state index in [9.17, 15) is 0 Å². The van der Waals surface area contributed by atoms with Crippen molar-refractivity contribution in [3.05, 3.63) is 26.8 Å². The first kappa shape index (κ1) is 12.0. The van der Waals surface area contributed by atoms with E-state index in [1.165, 1.54) is 5.56 Å². The number of H-pyrrole nitrogens is 1. The lowest BCUT2D eigenvalue weighted by atomic mass is 10.0. The van der Waals surface area contributed by atoms with Crippen molar-refractivity contribution in [2.45, 2.75) is 19.8 Å². The molecule has 0 spiro atoms. The van der Waals surface area contributed by atoms with Crippen LogP contribution in [0.3, 0.4) is 0 Å². The van der Waals surface area contributed by atoms with E-state index in [1.54, 1.807) is 6.20 Å². The van der Waals surface area contributed by atoms with Crippen molar-refractivity contribution < 1.29 is 4.84 Å². The summed E-state index contributed by atoms with van der Waals surface area (Å²) in [7, 11) is 0. The molecule has 1 aromatic carbocycles. The normalized spacial score (nSPS) is 11.4. The molecule has 0 aliphatic heterocycles. The van der Waals surface area contributed by atoms with Crippen LogP contribution in [0.4, 0.5) is 0 Å². The van der Waals surface area contributed by atoms with E-state index in [2.05, 4.69) is 50.7 Å². The van der Waals surface area contributed by atoms with Crippen molar-refractivity contribution in [1.82, 2.24) is 4.98 Å². The van der Waals surface area contributed by atoms with E-state index >= 15 is 0 Å². The maximum atomic E-state index is 5.24. The summed E-state index contributed by atoms with van der Waals surface area (Å²) < 4.78 is 2.10. The average Bonchev–Trinajstić information content (AvgIpc) is 2.59. The minimum absolute atomic E-state index is 0.411. The number of hydrogen-bond donors (Lipinski definition) is 2. The van der Waals surface area contributed by atoms with Gasteiger partial charge in [0, 0.05) is 15.1 Å². The van der Waals surface area contributed by atoms with Gasteiger partial charge in [0.1, 0.15) is 0 Å². The van der Waals surface area contributed by atoms with Gasteiger partial charge in [0.05, 0.1) is 10.9 Å². The van der Waals surface area contributed by atoms with Gasteiger partial charge in [0.2, 0.25) is 0 Å². The van der Waals surface area contributed by atoms with Crippen LogP contribution in [0, 0.1) is 0 Å². The number of aromatic amines is 1. The van der Waals surface area contributed by atoms with Gasteiger partial charge >= 0.3 is 0 Å². The topological polar surface area (TPSA) is 51.0 Å². The van der Waals surface area contributed by atoms with Crippen LogP contribution in [0.5, 0.6) is 5.75 Å². The number of hydrogen-bond acceptors (Lipinski definition) is 2. The second-order valence-corrected chi connectivity index (χ2v) is 5.58. The fraction of sp³-hybridized carbons (Fsp3) is 0.273. The van der Waals surface area contributed by atoms with Crippen LogP contribution in [0.1, 0.15) is 25.3 Å². The summed E-state index contributed by atoms with van der Waals surface area (Å²) in [6.07, 6.45) is 1.76. The van der Waals surface area contributed by atoms with E-state index in [0.29, 0.717) is 11.7 Å². The molecular formula is C11H12Br2N2O. The third-order valence-corrected chi connectivity index (χ3v) is 4.04. The Morgan fingerprint density at radius 1 is 1.38 bits per heavy atom. The van der Waals surface area contributed by atoms with E-state index in [1.807, 2.05) is 6.07 Å². The van der Waals surface area contributed by atoms with Crippen molar-refractivity contribution in [3.8, 4) is 5.75 Å². The monoisotopic (exact) mass is 346 g/mol. The summed E-state index contributed by atoms with van der Waals surface area (Å²) in [6.45, 7) is 4.29. The van der Waals surface area contributed by atoms with Crippen molar-refractivity contribution in [2.24, 2.45) is 5.90 Å². The number of nitrogens with one attached hydrogen (secondary N) is 1. The summed E-state index contributed by atoms with van der Waals surface area (Å²) in [5.41, 5.74) is 2.20. The number of nitrogens with two attached hydrogens (primary N) is 1. The summed E-state index contributed by atoms with van der Waals surface area (Å²) in [5.74, 6) is 6.30. The molecule has 0 amide bonds. The average molecular weight is 348 g/mol. The van der Waals surface area contributed by atoms with Crippen LogP contribution in [-0.4, -0.2) is 4.98 Å². The highest BCUT2D eigenvalue weighted by Gasteiger charge is 2.17. The van der Waals surface area contributed by atoms with Crippen LogP contribution in [0.15, 0.2) is 21.2 Å². The van der Waals surface area contributed by atoms with Gasteiger partial charge in [-0.1, -0.05) is 29.8 Å².